The first kappa shape index (κ1) is 45.2. The summed E-state index contributed by atoms with van der Waals surface area (Å²) in [4.78, 5) is 60.7. The van der Waals surface area contributed by atoms with Crippen molar-refractivity contribution < 1.29 is 32.7 Å². The fraction of sp³-hybridized carbons (Fsp3) is 0.780. The zero-order valence-corrected chi connectivity index (χ0v) is 36.3. The van der Waals surface area contributed by atoms with Gasteiger partial charge in [-0.25, -0.2) is 18.2 Å². The highest BCUT2D eigenvalue weighted by Crippen LogP contribution is 2.37. The van der Waals surface area contributed by atoms with Crippen LogP contribution in [0.25, 0.3) is 0 Å². The van der Waals surface area contributed by atoms with Crippen LogP contribution in [0.2, 0.25) is 0 Å². The van der Waals surface area contributed by atoms with Crippen LogP contribution in [0.5, 0.6) is 0 Å². The molecule has 57 heavy (non-hydrogen) atoms. The van der Waals surface area contributed by atoms with E-state index in [-0.39, 0.29) is 46.9 Å². The van der Waals surface area contributed by atoms with Crippen molar-refractivity contribution in [2.45, 2.75) is 152 Å². The number of hydrogen-bond acceptors (Lipinski definition) is 10. The number of ketones is 1. The molecule has 1 aromatic rings. The third kappa shape index (κ3) is 11.6. The molecule has 0 aromatic carbocycles. The van der Waals surface area contributed by atoms with E-state index in [0.29, 0.717) is 30.1 Å². The largest absolute Gasteiger partial charge is 0.376 e. The summed E-state index contributed by atoms with van der Waals surface area (Å²) in [5, 5.41) is 24.9. The van der Waals surface area contributed by atoms with Crippen LogP contribution in [0, 0.1) is 43.4 Å². The molecule has 0 radical (unpaired) electrons. The molecule has 3 aliphatic carbocycles. The number of likely N-dealkylation sites (N-methyl/N-ethyl adjacent to an activating group) is 1. The van der Waals surface area contributed by atoms with Gasteiger partial charge in [0, 0.05) is 32.7 Å². The van der Waals surface area contributed by atoms with Gasteiger partial charge in [0.25, 0.3) is 15.9 Å². The average molecular weight is 834 g/mol. The van der Waals surface area contributed by atoms with Gasteiger partial charge in [-0.1, -0.05) is 71.3 Å². The highest BCUT2D eigenvalue weighted by Gasteiger charge is 2.48. The molecule has 1 aliphatic heterocycles. The van der Waals surface area contributed by atoms with Crippen molar-refractivity contribution >= 4 is 45.0 Å². The highest BCUT2D eigenvalue weighted by molar-refractivity contribution is 7.91. The van der Waals surface area contributed by atoms with E-state index < -0.39 is 64.0 Å². The molecule has 4 aliphatic rings. The normalized spacial score (nSPS) is 23.4. The van der Waals surface area contributed by atoms with Gasteiger partial charge in [0.05, 0.1) is 28.8 Å². The van der Waals surface area contributed by atoms with Crippen LogP contribution in [-0.4, -0.2) is 108 Å². The first-order valence-electron chi connectivity index (χ1n) is 21.3. The molecule has 16 heteroatoms. The minimum absolute atomic E-state index is 0.0483. The highest BCUT2D eigenvalue weighted by atomic mass is 32.2. The number of aryl methyl sites for hydroxylation is 2. The van der Waals surface area contributed by atoms with E-state index in [2.05, 4.69) is 32.8 Å². The molecule has 0 spiro atoms. The smallest absolute Gasteiger partial charge is 0.315 e. The minimum Gasteiger partial charge on any atom is -0.376 e. The molecule has 5 N–H and O–H groups in total. The molecule has 2 heterocycles. The monoisotopic (exact) mass is 833 g/mol. The second-order valence-corrected chi connectivity index (χ2v) is 20.8. The Balaban J connectivity index is 1.36. The zero-order valence-electron chi connectivity index (χ0n) is 34.6. The topological polar surface area (TPSA) is 190 Å². The van der Waals surface area contributed by atoms with Crippen LogP contribution in [-0.2, 0) is 24.4 Å². The van der Waals surface area contributed by atoms with E-state index in [0.717, 1.165) is 88.4 Å². The second kappa shape index (κ2) is 20.4. The Labute approximate surface area is 343 Å². The Morgan fingerprint density at radius 3 is 2.14 bits per heavy atom. The molecule has 0 bridgehead atoms. The Morgan fingerprint density at radius 2 is 1.58 bits per heavy atom. The number of aromatic nitrogens is 1. The molecule has 3 saturated carbocycles. The van der Waals surface area contributed by atoms with Crippen LogP contribution >= 0.6 is 11.3 Å². The molecule has 1 saturated heterocycles. The SMILES string of the molecule is C=CCNC(=O)C(=O)C(CC1CC1)NC(=O)[C@@H]1[C@@H](C(C)C)CCN1C(O)[C@@H](NC(=O)N[C@H](CN(C)S(=O)(=O)c1sc(C)nc1C)C1CCCCC1)C1CCCCC1. The van der Waals surface area contributed by atoms with Crippen molar-refractivity contribution in [2.75, 3.05) is 26.7 Å². The number of sulfonamides is 1. The fourth-order valence-corrected chi connectivity index (χ4v) is 12.2. The zero-order chi connectivity index (χ0) is 41.4. The number of thiazole rings is 1. The molecule has 2 unspecified atom stereocenters. The number of Topliss-reactive ketones (excluding diaryl/α,β-unsaturated/α-hetero) is 1. The van der Waals surface area contributed by atoms with Gasteiger partial charge in [0.1, 0.15) is 6.23 Å². The number of urea groups is 1. The Morgan fingerprint density at radius 1 is 0.947 bits per heavy atom. The van der Waals surface area contributed by atoms with Crippen LogP contribution in [0.3, 0.4) is 0 Å². The lowest BCUT2D eigenvalue weighted by Crippen LogP contribution is -2.63. The van der Waals surface area contributed by atoms with Gasteiger partial charge in [-0.2, -0.15) is 4.31 Å². The third-order valence-electron chi connectivity index (χ3n) is 12.7. The second-order valence-electron chi connectivity index (χ2n) is 17.3. The number of carbonyl (C=O) groups excluding carboxylic acids is 4. The standard InChI is InChI=1S/C41H67N7O7S2/c1-7-21-42-38(51)36(49)32(23-28-18-19-28)44-37(50)35-31(25(2)3)20-22-48(35)39(52)34(30-16-12-9-13-17-30)46-41(53)45-33(29-14-10-8-11-15-29)24-47(6)57(54,55)40-26(4)43-27(5)56-40/h7,25,28-35,39,52H,1,8-24H2,2-6H3,(H,42,51)(H,44,50)(H2,45,46,53)/t31-,32?,33-,34+,35+,39?/m1/s1. The molecular weight excluding hydrogens is 767 g/mol. The van der Waals surface area contributed by atoms with E-state index in [9.17, 15) is 32.7 Å². The molecular formula is C41H67N7O7S2. The number of aliphatic hydroxyl groups is 1. The molecule has 14 nitrogen and oxygen atoms in total. The summed E-state index contributed by atoms with van der Waals surface area (Å²) in [6.45, 7) is 11.8. The summed E-state index contributed by atoms with van der Waals surface area (Å²) < 4.78 is 29.0. The lowest BCUT2D eigenvalue weighted by molar-refractivity contribution is -0.142. The van der Waals surface area contributed by atoms with Crippen molar-refractivity contribution in [3.63, 3.8) is 0 Å². The number of likely N-dealkylation sites (tertiary alicyclic amines) is 1. The molecule has 320 valence electrons. The number of carbonyl (C=O) groups is 4. The van der Waals surface area contributed by atoms with Crippen LogP contribution in [0.4, 0.5) is 4.79 Å². The number of aliphatic hydroxyl groups excluding tert-OH is 1. The summed E-state index contributed by atoms with van der Waals surface area (Å²) >= 11 is 1.14. The maximum absolute atomic E-state index is 14.4. The van der Waals surface area contributed by atoms with Crippen LogP contribution in [0.15, 0.2) is 16.9 Å². The van der Waals surface area contributed by atoms with Gasteiger partial charge in [0.2, 0.25) is 11.7 Å². The minimum atomic E-state index is -3.85. The summed E-state index contributed by atoms with van der Waals surface area (Å²) in [5.41, 5.74) is 0.459. The van der Waals surface area contributed by atoms with E-state index in [4.69, 9.17) is 0 Å². The third-order valence-corrected chi connectivity index (χ3v) is 16.2. The van der Waals surface area contributed by atoms with E-state index in [1.165, 1.54) is 10.4 Å². The Hall–Kier alpha value is -2.92. The van der Waals surface area contributed by atoms with Gasteiger partial charge in [-0.15, -0.1) is 17.9 Å². The quantitative estimate of drug-likeness (QED) is 0.0995. The van der Waals surface area contributed by atoms with Gasteiger partial charge >= 0.3 is 6.03 Å². The van der Waals surface area contributed by atoms with E-state index in [1.54, 1.807) is 25.8 Å². The first-order chi connectivity index (χ1) is 27.1. The summed E-state index contributed by atoms with van der Waals surface area (Å²) in [7, 11) is -2.30. The summed E-state index contributed by atoms with van der Waals surface area (Å²) in [6.07, 6.45) is 12.6. The lowest BCUT2D eigenvalue weighted by atomic mass is 9.82. The Bertz CT molecular complexity index is 1670. The van der Waals surface area contributed by atoms with Gasteiger partial charge in [-0.05, 0) is 82.0 Å². The number of rotatable bonds is 19. The molecule has 5 rings (SSSR count). The van der Waals surface area contributed by atoms with Crippen LogP contribution in [0.1, 0.15) is 114 Å². The van der Waals surface area contributed by atoms with Crippen LogP contribution < -0.4 is 21.3 Å². The first-order valence-corrected chi connectivity index (χ1v) is 23.5. The Kier molecular flexibility index (Phi) is 16.1. The predicted octanol–water partition coefficient (Wildman–Crippen LogP) is 4.40. The lowest BCUT2D eigenvalue weighted by Gasteiger charge is -2.41. The average Bonchev–Trinajstić information content (AvgIpc) is 3.77. The number of amides is 4. The molecule has 1 aromatic heterocycles. The number of nitrogens with one attached hydrogen (secondary N) is 4. The van der Waals surface area contributed by atoms with Gasteiger partial charge in [0.15, 0.2) is 4.21 Å². The van der Waals surface area contributed by atoms with Crippen molar-refractivity contribution in [3.8, 4) is 0 Å². The maximum Gasteiger partial charge on any atom is 0.315 e. The molecule has 4 fully saturated rings. The molecule has 6 atom stereocenters. The summed E-state index contributed by atoms with van der Waals surface area (Å²) in [6, 6.07) is -3.42. The van der Waals surface area contributed by atoms with E-state index >= 15 is 0 Å². The summed E-state index contributed by atoms with van der Waals surface area (Å²) in [5.74, 6) is -1.62. The fourth-order valence-electron chi connectivity index (χ4n) is 9.38. The maximum atomic E-state index is 14.4. The van der Waals surface area contributed by atoms with Gasteiger partial charge < -0.3 is 26.4 Å². The van der Waals surface area contributed by atoms with Crippen molar-refractivity contribution in [3.05, 3.63) is 23.4 Å². The predicted molar refractivity (Wildman–Crippen MR) is 221 cm³/mol. The van der Waals surface area contributed by atoms with Crippen molar-refractivity contribution in [1.82, 2.24) is 35.5 Å². The van der Waals surface area contributed by atoms with E-state index in [1.807, 2.05) is 13.8 Å². The van der Waals surface area contributed by atoms with Crippen molar-refractivity contribution in [2.24, 2.45) is 29.6 Å². The number of hydrogen-bond donors (Lipinski definition) is 5. The molecule has 4 amide bonds. The number of nitrogens with zero attached hydrogens (tertiary/aromatic N) is 3. The van der Waals surface area contributed by atoms with Crippen molar-refractivity contribution in [1.29, 1.82) is 0 Å². The van der Waals surface area contributed by atoms with Gasteiger partial charge in [-0.3, -0.25) is 19.3 Å².